The molecule has 2 aromatic rings. The Labute approximate surface area is 124 Å². The summed E-state index contributed by atoms with van der Waals surface area (Å²) in [5, 5.41) is 0. The molecule has 0 atom stereocenters. The van der Waals surface area contributed by atoms with E-state index in [1.165, 1.54) is 6.07 Å². The molecule has 0 fully saturated rings. The topological polar surface area (TPSA) is 42.3 Å². The van der Waals surface area contributed by atoms with Gasteiger partial charge < -0.3 is 9.47 Å². The molecule has 1 amide bonds. The Hall–Kier alpha value is -2.36. The summed E-state index contributed by atoms with van der Waals surface area (Å²) in [6, 6.07) is 12.7. The van der Waals surface area contributed by atoms with Crippen LogP contribution in [-0.4, -0.2) is 28.5 Å². The van der Waals surface area contributed by atoms with Gasteiger partial charge in [-0.25, -0.2) is 0 Å². The maximum atomic E-state index is 12.2. The van der Waals surface area contributed by atoms with Crippen molar-refractivity contribution >= 4 is 5.91 Å². The van der Waals surface area contributed by atoms with Gasteiger partial charge >= 0.3 is 0 Å². The molecule has 110 valence electrons. The van der Waals surface area contributed by atoms with Crippen LogP contribution in [0.2, 0.25) is 0 Å². The zero-order chi connectivity index (χ0) is 15.4. The highest BCUT2D eigenvalue weighted by Gasteiger charge is 2.13. The predicted octanol–water partition coefficient (Wildman–Crippen LogP) is 2.38. The lowest BCUT2D eigenvalue weighted by Crippen LogP contribution is -2.32. The van der Waals surface area contributed by atoms with E-state index in [0.717, 1.165) is 5.56 Å². The van der Waals surface area contributed by atoms with Crippen LogP contribution in [0.4, 0.5) is 0 Å². The zero-order valence-electron chi connectivity index (χ0n) is 12.6. The molecule has 4 nitrogen and oxygen atoms in total. The molecule has 0 N–H and O–H groups in total. The van der Waals surface area contributed by atoms with Gasteiger partial charge in [-0.1, -0.05) is 18.2 Å². The van der Waals surface area contributed by atoms with Crippen molar-refractivity contribution in [3.8, 4) is 0 Å². The van der Waals surface area contributed by atoms with E-state index in [0.29, 0.717) is 12.1 Å². The predicted molar refractivity (Wildman–Crippen MR) is 83.5 cm³/mol. The molecule has 0 saturated carbocycles. The van der Waals surface area contributed by atoms with Gasteiger partial charge in [-0.05, 0) is 37.6 Å². The maximum Gasteiger partial charge on any atom is 0.253 e. The standard InChI is InChI=1S/C17H20N2O2/c1-13(2)18(3)17(21)15-9-7-14(8-10-15)12-19-11-5-4-6-16(19)20/h4-11,13H,12H2,1-3H3. The molecule has 0 aliphatic rings. The quantitative estimate of drug-likeness (QED) is 0.865. The maximum absolute atomic E-state index is 12.2. The summed E-state index contributed by atoms with van der Waals surface area (Å²) in [6.07, 6.45) is 1.76. The minimum Gasteiger partial charge on any atom is -0.339 e. The normalized spacial score (nSPS) is 10.7. The number of amides is 1. The number of carbonyl (C=O) groups excluding carboxylic acids is 1. The Bertz CT molecular complexity index is 672. The first-order valence-corrected chi connectivity index (χ1v) is 7.00. The molecule has 0 spiro atoms. The summed E-state index contributed by atoms with van der Waals surface area (Å²) < 4.78 is 1.64. The van der Waals surface area contributed by atoms with Gasteiger partial charge in [-0.3, -0.25) is 9.59 Å². The summed E-state index contributed by atoms with van der Waals surface area (Å²) in [7, 11) is 1.80. The number of hydrogen-bond acceptors (Lipinski definition) is 2. The summed E-state index contributed by atoms with van der Waals surface area (Å²) in [5.41, 5.74) is 1.62. The fourth-order valence-corrected chi connectivity index (χ4v) is 1.98. The van der Waals surface area contributed by atoms with Crippen molar-refractivity contribution in [1.82, 2.24) is 9.47 Å². The van der Waals surface area contributed by atoms with E-state index in [1.54, 1.807) is 28.8 Å². The number of benzene rings is 1. The number of nitrogens with zero attached hydrogens (tertiary/aromatic N) is 2. The van der Waals surface area contributed by atoms with E-state index in [4.69, 9.17) is 0 Å². The number of carbonyl (C=O) groups is 1. The van der Waals surface area contributed by atoms with Crippen LogP contribution in [0, 0.1) is 0 Å². The second-order valence-corrected chi connectivity index (χ2v) is 5.37. The Morgan fingerprint density at radius 2 is 1.81 bits per heavy atom. The Kier molecular flexibility index (Phi) is 4.58. The van der Waals surface area contributed by atoms with Crippen LogP contribution in [0.15, 0.2) is 53.5 Å². The second-order valence-electron chi connectivity index (χ2n) is 5.37. The van der Waals surface area contributed by atoms with Gasteiger partial charge in [0.1, 0.15) is 0 Å². The van der Waals surface area contributed by atoms with Crippen molar-refractivity contribution < 1.29 is 4.79 Å². The summed E-state index contributed by atoms with van der Waals surface area (Å²) in [4.78, 5) is 25.6. The van der Waals surface area contributed by atoms with Gasteiger partial charge in [0.05, 0.1) is 6.54 Å². The highest BCUT2D eigenvalue weighted by Crippen LogP contribution is 2.09. The zero-order valence-corrected chi connectivity index (χ0v) is 12.6. The fourth-order valence-electron chi connectivity index (χ4n) is 1.98. The lowest BCUT2D eigenvalue weighted by molar-refractivity contribution is 0.0755. The van der Waals surface area contributed by atoms with Gasteiger partial charge in [-0.2, -0.15) is 0 Å². The molecule has 1 aromatic carbocycles. The molecular formula is C17H20N2O2. The van der Waals surface area contributed by atoms with Gasteiger partial charge in [0, 0.05) is 30.9 Å². The number of pyridine rings is 1. The highest BCUT2D eigenvalue weighted by atomic mass is 16.2. The molecule has 0 bridgehead atoms. The van der Waals surface area contributed by atoms with Crippen LogP contribution in [0.3, 0.4) is 0 Å². The average Bonchev–Trinajstić information content (AvgIpc) is 2.49. The van der Waals surface area contributed by atoms with E-state index in [2.05, 4.69) is 0 Å². The molecule has 0 aliphatic carbocycles. The molecule has 1 heterocycles. The Balaban J connectivity index is 2.14. The van der Waals surface area contributed by atoms with E-state index >= 15 is 0 Å². The smallest absolute Gasteiger partial charge is 0.253 e. The number of hydrogen-bond donors (Lipinski definition) is 0. The molecule has 0 aliphatic heterocycles. The van der Waals surface area contributed by atoms with Gasteiger partial charge in [0.25, 0.3) is 11.5 Å². The number of rotatable bonds is 4. The van der Waals surface area contributed by atoms with Crippen molar-refractivity contribution in [2.75, 3.05) is 7.05 Å². The Morgan fingerprint density at radius 3 is 2.38 bits per heavy atom. The average molecular weight is 284 g/mol. The Morgan fingerprint density at radius 1 is 1.14 bits per heavy atom. The van der Waals surface area contributed by atoms with Gasteiger partial charge in [0.2, 0.25) is 0 Å². The summed E-state index contributed by atoms with van der Waals surface area (Å²) >= 11 is 0. The van der Waals surface area contributed by atoms with Crippen LogP contribution < -0.4 is 5.56 Å². The molecular weight excluding hydrogens is 264 g/mol. The highest BCUT2D eigenvalue weighted by molar-refractivity contribution is 5.94. The van der Waals surface area contributed by atoms with E-state index < -0.39 is 0 Å². The lowest BCUT2D eigenvalue weighted by Gasteiger charge is -2.21. The third-order valence-electron chi connectivity index (χ3n) is 3.55. The largest absolute Gasteiger partial charge is 0.339 e. The van der Waals surface area contributed by atoms with E-state index in [1.807, 2.05) is 44.2 Å². The minimum atomic E-state index is -0.0304. The SMILES string of the molecule is CC(C)N(C)C(=O)c1ccc(Cn2ccccc2=O)cc1. The molecule has 0 saturated heterocycles. The summed E-state index contributed by atoms with van der Waals surface area (Å²) in [5.74, 6) is 0.00780. The fraction of sp³-hybridized carbons (Fsp3) is 0.294. The van der Waals surface area contributed by atoms with E-state index in [9.17, 15) is 9.59 Å². The molecule has 2 rings (SSSR count). The third-order valence-corrected chi connectivity index (χ3v) is 3.55. The molecule has 4 heteroatoms. The van der Waals surface area contributed by atoms with Gasteiger partial charge in [0.15, 0.2) is 0 Å². The lowest BCUT2D eigenvalue weighted by atomic mass is 10.1. The van der Waals surface area contributed by atoms with Crippen LogP contribution in [-0.2, 0) is 6.54 Å². The molecule has 1 aromatic heterocycles. The summed E-state index contributed by atoms with van der Waals surface area (Å²) in [6.45, 7) is 4.47. The minimum absolute atomic E-state index is 0.00780. The van der Waals surface area contributed by atoms with Crippen LogP contribution in [0.1, 0.15) is 29.8 Å². The van der Waals surface area contributed by atoms with Gasteiger partial charge in [-0.15, -0.1) is 0 Å². The molecule has 21 heavy (non-hydrogen) atoms. The first kappa shape index (κ1) is 15.0. The van der Waals surface area contributed by atoms with Crippen molar-refractivity contribution in [2.45, 2.75) is 26.4 Å². The third kappa shape index (κ3) is 3.60. The van der Waals surface area contributed by atoms with Crippen molar-refractivity contribution in [3.63, 3.8) is 0 Å². The second kappa shape index (κ2) is 6.39. The molecule has 0 unspecified atom stereocenters. The van der Waals surface area contributed by atoms with Crippen LogP contribution in [0.5, 0.6) is 0 Å². The molecule has 0 radical (unpaired) electrons. The number of aromatic nitrogens is 1. The first-order valence-electron chi connectivity index (χ1n) is 7.00. The van der Waals surface area contributed by atoms with Crippen molar-refractivity contribution in [3.05, 3.63) is 70.1 Å². The monoisotopic (exact) mass is 284 g/mol. The van der Waals surface area contributed by atoms with E-state index in [-0.39, 0.29) is 17.5 Å². The van der Waals surface area contributed by atoms with Crippen LogP contribution >= 0.6 is 0 Å². The van der Waals surface area contributed by atoms with Crippen molar-refractivity contribution in [2.24, 2.45) is 0 Å². The van der Waals surface area contributed by atoms with Crippen molar-refractivity contribution in [1.29, 1.82) is 0 Å². The van der Waals surface area contributed by atoms with Crippen LogP contribution in [0.25, 0.3) is 0 Å². The first-order chi connectivity index (χ1) is 9.99.